The van der Waals surface area contributed by atoms with E-state index in [-0.39, 0.29) is 5.37 Å². The molecule has 0 saturated carbocycles. The molecular weight excluding hydrogens is 162 g/mol. The van der Waals surface area contributed by atoms with Crippen molar-refractivity contribution in [3.05, 3.63) is 22.4 Å². The Morgan fingerprint density at radius 3 is 3.10 bits per heavy atom. The van der Waals surface area contributed by atoms with Gasteiger partial charge in [0.25, 0.3) is 0 Å². The van der Waals surface area contributed by atoms with E-state index in [1.54, 1.807) is 11.3 Å². The molecule has 0 fully saturated rings. The Labute approximate surface area is 70.2 Å². The number of thiophene rings is 1. The molecule has 1 atom stereocenters. The fourth-order valence-electron chi connectivity index (χ4n) is 0.546. The van der Waals surface area contributed by atoms with E-state index < -0.39 is 0 Å². The first kappa shape index (κ1) is 7.82. The molecule has 0 spiro atoms. The van der Waals surface area contributed by atoms with Crippen molar-refractivity contribution in [3.8, 4) is 0 Å². The predicted molar refractivity (Wildman–Crippen MR) is 50.4 cm³/mol. The van der Waals surface area contributed by atoms with Crippen LogP contribution in [0, 0.1) is 0 Å². The summed E-state index contributed by atoms with van der Waals surface area (Å²) >= 11 is 5.80. The Morgan fingerprint density at radius 1 is 1.80 bits per heavy atom. The third kappa shape index (κ3) is 2.54. The van der Waals surface area contributed by atoms with E-state index in [1.165, 1.54) is 4.88 Å². The third-order valence-electron chi connectivity index (χ3n) is 0.961. The highest BCUT2D eigenvalue weighted by atomic mass is 32.1. The fourth-order valence-corrected chi connectivity index (χ4v) is 1.21. The van der Waals surface area contributed by atoms with E-state index in [0.717, 1.165) is 0 Å². The number of thiol groups is 1. The molecule has 0 amide bonds. The molecule has 1 aromatic heterocycles. The summed E-state index contributed by atoms with van der Waals surface area (Å²) in [7, 11) is 0. The maximum Gasteiger partial charge on any atom is 0.0895 e. The molecule has 0 aromatic carbocycles. The summed E-state index contributed by atoms with van der Waals surface area (Å²) in [6.07, 6.45) is 1.85. The zero-order chi connectivity index (χ0) is 7.40. The van der Waals surface area contributed by atoms with E-state index in [1.807, 2.05) is 30.7 Å². The Hall–Kier alpha value is -0.280. The van der Waals surface area contributed by atoms with Crippen molar-refractivity contribution in [2.45, 2.75) is 12.3 Å². The predicted octanol–water partition coefficient (Wildman–Crippen LogP) is 2.44. The minimum atomic E-state index is 0.0992. The van der Waals surface area contributed by atoms with Gasteiger partial charge < -0.3 is 0 Å². The third-order valence-corrected chi connectivity index (χ3v) is 1.90. The molecule has 0 aliphatic heterocycles. The van der Waals surface area contributed by atoms with E-state index >= 15 is 0 Å². The molecule has 3 heteroatoms. The molecule has 0 N–H and O–H groups in total. The lowest BCUT2D eigenvalue weighted by atomic mass is 10.5. The average molecular weight is 171 g/mol. The van der Waals surface area contributed by atoms with Gasteiger partial charge in [-0.2, -0.15) is 12.6 Å². The highest BCUT2D eigenvalue weighted by Crippen LogP contribution is 2.05. The second kappa shape index (κ2) is 3.78. The molecule has 0 aliphatic carbocycles. The number of aliphatic imine (C=N–C) groups is 1. The number of hydrogen-bond donors (Lipinski definition) is 1. The minimum Gasteiger partial charge on any atom is -0.278 e. The summed E-state index contributed by atoms with van der Waals surface area (Å²) in [6, 6.07) is 4.04. The van der Waals surface area contributed by atoms with Crippen LogP contribution < -0.4 is 0 Å². The molecular formula is C7H9NS2. The van der Waals surface area contributed by atoms with Crippen LogP contribution in [0.3, 0.4) is 0 Å². The first-order valence-electron chi connectivity index (χ1n) is 3.04. The van der Waals surface area contributed by atoms with Crippen LogP contribution in [0.2, 0.25) is 0 Å². The Kier molecular flexibility index (Phi) is 2.96. The summed E-state index contributed by atoms with van der Waals surface area (Å²) < 4.78 is 0. The van der Waals surface area contributed by atoms with Gasteiger partial charge in [0, 0.05) is 11.1 Å². The van der Waals surface area contributed by atoms with Crippen molar-refractivity contribution in [1.29, 1.82) is 0 Å². The van der Waals surface area contributed by atoms with Crippen molar-refractivity contribution in [3.63, 3.8) is 0 Å². The average Bonchev–Trinajstić information content (AvgIpc) is 2.34. The molecule has 1 rings (SSSR count). The second-order valence-corrected chi connectivity index (χ2v) is 3.65. The van der Waals surface area contributed by atoms with Crippen molar-refractivity contribution < 1.29 is 0 Å². The first-order chi connectivity index (χ1) is 4.79. The topological polar surface area (TPSA) is 12.4 Å². The molecule has 0 aliphatic rings. The summed E-state index contributed by atoms with van der Waals surface area (Å²) in [5.74, 6) is 0. The van der Waals surface area contributed by atoms with E-state index in [2.05, 4.69) is 17.6 Å². The van der Waals surface area contributed by atoms with Crippen LogP contribution in [-0.2, 0) is 0 Å². The highest BCUT2D eigenvalue weighted by Gasteiger charge is 1.87. The summed E-state index contributed by atoms with van der Waals surface area (Å²) in [5.41, 5.74) is 0. The molecule has 1 aromatic rings. The van der Waals surface area contributed by atoms with E-state index in [9.17, 15) is 0 Å². The number of nitrogens with zero attached hydrogens (tertiary/aromatic N) is 1. The standard InChI is InChI=1S/C7H9NS2/c1-6(9)8-5-7-3-2-4-10-7/h2-6,9H,1H3/b8-5+. The minimum absolute atomic E-state index is 0.0992. The smallest absolute Gasteiger partial charge is 0.0895 e. The Bertz CT molecular complexity index is 201. The quantitative estimate of drug-likeness (QED) is 0.518. The largest absolute Gasteiger partial charge is 0.278 e. The van der Waals surface area contributed by atoms with Crippen LogP contribution in [0.5, 0.6) is 0 Å². The monoisotopic (exact) mass is 171 g/mol. The molecule has 0 bridgehead atoms. The summed E-state index contributed by atoms with van der Waals surface area (Å²) in [4.78, 5) is 5.30. The van der Waals surface area contributed by atoms with Crippen molar-refractivity contribution in [2.24, 2.45) is 4.99 Å². The first-order valence-corrected chi connectivity index (χ1v) is 4.43. The van der Waals surface area contributed by atoms with Crippen LogP contribution in [0.15, 0.2) is 22.5 Å². The highest BCUT2D eigenvalue weighted by molar-refractivity contribution is 7.80. The van der Waals surface area contributed by atoms with Gasteiger partial charge in [-0.3, -0.25) is 4.99 Å². The normalized spacial score (nSPS) is 14.2. The lowest BCUT2D eigenvalue weighted by Gasteiger charge is -1.90. The fraction of sp³-hybridized carbons (Fsp3) is 0.286. The van der Waals surface area contributed by atoms with Crippen LogP contribution in [0.25, 0.3) is 0 Å². The Balaban J connectivity index is 2.55. The van der Waals surface area contributed by atoms with Crippen LogP contribution in [-0.4, -0.2) is 11.6 Å². The van der Waals surface area contributed by atoms with Gasteiger partial charge in [-0.05, 0) is 18.4 Å². The zero-order valence-corrected chi connectivity index (χ0v) is 7.40. The van der Waals surface area contributed by atoms with Gasteiger partial charge >= 0.3 is 0 Å². The molecule has 0 saturated heterocycles. The van der Waals surface area contributed by atoms with Crippen LogP contribution in [0.1, 0.15) is 11.8 Å². The van der Waals surface area contributed by atoms with Crippen LogP contribution in [0.4, 0.5) is 0 Å². The van der Waals surface area contributed by atoms with Gasteiger partial charge in [0.15, 0.2) is 0 Å². The van der Waals surface area contributed by atoms with Gasteiger partial charge in [-0.15, -0.1) is 11.3 Å². The zero-order valence-electron chi connectivity index (χ0n) is 5.69. The molecule has 54 valence electrons. The van der Waals surface area contributed by atoms with Crippen molar-refractivity contribution in [2.75, 3.05) is 0 Å². The van der Waals surface area contributed by atoms with Gasteiger partial charge in [-0.25, -0.2) is 0 Å². The maximum atomic E-state index is 4.12. The molecule has 10 heavy (non-hydrogen) atoms. The summed E-state index contributed by atoms with van der Waals surface area (Å²) in [6.45, 7) is 1.94. The molecule has 1 heterocycles. The van der Waals surface area contributed by atoms with Crippen molar-refractivity contribution >= 4 is 30.2 Å². The van der Waals surface area contributed by atoms with Crippen LogP contribution >= 0.6 is 24.0 Å². The molecule has 0 radical (unpaired) electrons. The lowest BCUT2D eigenvalue weighted by Crippen LogP contribution is -1.84. The maximum absolute atomic E-state index is 4.12. The van der Waals surface area contributed by atoms with Gasteiger partial charge in [-0.1, -0.05) is 6.07 Å². The van der Waals surface area contributed by atoms with Gasteiger partial charge in [0.2, 0.25) is 0 Å². The van der Waals surface area contributed by atoms with Gasteiger partial charge in [0.05, 0.1) is 5.37 Å². The lowest BCUT2D eigenvalue weighted by molar-refractivity contribution is 1.06. The van der Waals surface area contributed by atoms with E-state index in [4.69, 9.17) is 0 Å². The SMILES string of the molecule is CC(S)/N=C/c1cccs1. The Morgan fingerprint density at radius 2 is 2.60 bits per heavy atom. The van der Waals surface area contributed by atoms with E-state index in [0.29, 0.717) is 0 Å². The summed E-state index contributed by atoms with van der Waals surface area (Å²) in [5, 5.41) is 2.13. The van der Waals surface area contributed by atoms with Crippen molar-refractivity contribution in [1.82, 2.24) is 0 Å². The number of rotatable bonds is 2. The molecule has 1 nitrogen and oxygen atoms in total. The second-order valence-electron chi connectivity index (χ2n) is 1.93. The number of hydrogen-bond acceptors (Lipinski definition) is 3. The van der Waals surface area contributed by atoms with Gasteiger partial charge in [0.1, 0.15) is 0 Å². The molecule has 1 unspecified atom stereocenters.